The Morgan fingerprint density at radius 3 is 2.43 bits per heavy atom. The molecule has 144 valence electrons. The lowest BCUT2D eigenvalue weighted by molar-refractivity contribution is -0.384. The molecule has 3 aromatic rings. The third kappa shape index (κ3) is 5.10. The zero-order valence-corrected chi connectivity index (χ0v) is 17.3. The highest BCUT2D eigenvalue weighted by Crippen LogP contribution is 2.26. The largest absolute Gasteiger partial charge is 0.489 e. The van der Waals surface area contributed by atoms with Crippen molar-refractivity contribution in [3.05, 3.63) is 97.5 Å². The number of hydrogen-bond donors (Lipinski definition) is 1. The molecule has 0 heterocycles. The molecular weight excluding hydrogens is 420 g/mol. The molecule has 1 N–H and O–H groups in total. The van der Waals surface area contributed by atoms with Gasteiger partial charge in [-0.1, -0.05) is 22.0 Å². The van der Waals surface area contributed by atoms with E-state index in [1.807, 2.05) is 18.2 Å². The average molecular weight is 441 g/mol. The third-order valence-corrected chi connectivity index (χ3v) is 5.05. The van der Waals surface area contributed by atoms with Gasteiger partial charge in [0.2, 0.25) is 0 Å². The van der Waals surface area contributed by atoms with Gasteiger partial charge in [0.15, 0.2) is 0 Å². The van der Waals surface area contributed by atoms with E-state index in [2.05, 4.69) is 53.3 Å². The first-order valence-electron chi connectivity index (χ1n) is 8.88. The van der Waals surface area contributed by atoms with Crippen molar-refractivity contribution in [2.75, 3.05) is 5.32 Å². The van der Waals surface area contributed by atoms with Gasteiger partial charge in [0.25, 0.3) is 5.69 Å². The number of non-ortho nitro benzene ring substituents is 1. The minimum absolute atomic E-state index is 0.0747. The Hall–Kier alpha value is -2.86. The smallest absolute Gasteiger partial charge is 0.269 e. The molecule has 0 aliphatic carbocycles. The molecule has 0 unspecified atom stereocenters. The maximum Gasteiger partial charge on any atom is 0.269 e. The van der Waals surface area contributed by atoms with E-state index in [1.165, 1.54) is 23.3 Å². The van der Waals surface area contributed by atoms with E-state index in [0.29, 0.717) is 13.2 Å². The molecule has 3 aromatic carbocycles. The first-order chi connectivity index (χ1) is 13.4. The molecule has 28 heavy (non-hydrogen) atoms. The molecule has 0 saturated heterocycles. The van der Waals surface area contributed by atoms with Crippen LogP contribution in [0.25, 0.3) is 0 Å². The highest BCUT2D eigenvalue weighted by atomic mass is 79.9. The SMILES string of the molecule is Cc1ccc(NCc2cc(Br)ccc2OCc2ccc([N+](=O)[O-])cc2)cc1C. The summed E-state index contributed by atoms with van der Waals surface area (Å²) in [4.78, 5) is 10.4. The van der Waals surface area contributed by atoms with Crippen molar-refractivity contribution in [3.63, 3.8) is 0 Å². The van der Waals surface area contributed by atoms with Crippen LogP contribution in [0.3, 0.4) is 0 Å². The summed E-state index contributed by atoms with van der Waals surface area (Å²) < 4.78 is 6.96. The first-order valence-corrected chi connectivity index (χ1v) is 9.67. The molecule has 0 amide bonds. The number of rotatable bonds is 7. The van der Waals surface area contributed by atoms with Crippen molar-refractivity contribution in [3.8, 4) is 5.75 Å². The fourth-order valence-corrected chi connectivity index (χ4v) is 3.16. The molecule has 0 aliphatic heterocycles. The average Bonchev–Trinajstić information content (AvgIpc) is 2.68. The van der Waals surface area contributed by atoms with Crippen LogP contribution in [-0.2, 0) is 13.2 Å². The quantitative estimate of drug-likeness (QED) is 0.352. The van der Waals surface area contributed by atoms with Gasteiger partial charge in [-0.15, -0.1) is 0 Å². The van der Waals surface area contributed by atoms with Crippen molar-refractivity contribution in [1.29, 1.82) is 0 Å². The van der Waals surface area contributed by atoms with E-state index in [9.17, 15) is 10.1 Å². The summed E-state index contributed by atoms with van der Waals surface area (Å²) in [7, 11) is 0. The van der Waals surface area contributed by atoms with Gasteiger partial charge >= 0.3 is 0 Å². The van der Waals surface area contributed by atoms with Crippen LogP contribution in [0.1, 0.15) is 22.3 Å². The third-order valence-electron chi connectivity index (χ3n) is 4.55. The van der Waals surface area contributed by atoms with Crippen LogP contribution in [0, 0.1) is 24.0 Å². The standard InChI is InChI=1S/C22H21BrN2O3/c1-15-3-7-20(11-16(15)2)24-13-18-12-19(23)6-10-22(18)28-14-17-4-8-21(9-5-17)25(26)27/h3-12,24H,13-14H2,1-2H3. The summed E-state index contributed by atoms with van der Waals surface area (Å²) >= 11 is 3.51. The number of anilines is 1. The second-order valence-corrected chi connectivity index (χ2v) is 7.53. The van der Waals surface area contributed by atoms with Crippen molar-refractivity contribution < 1.29 is 9.66 Å². The van der Waals surface area contributed by atoms with E-state index in [4.69, 9.17) is 4.74 Å². The van der Waals surface area contributed by atoms with Gasteiger partial charge in [-0.25, -0.2) is 0 Å². The molecule has 0 aromatic heterocycles. The second-order valence-electron chi connectivity index (χ2n) is 6.62. The van der Waals surface area contributed by atoms with E-state index in [1.54, 1.807) is 12.1 Å². The Morgan fingerprint density at radius 2 is 1.75 bits per heavy atom. The van der Waals surface area contributed by atoms with Gasteiger partial charge in [0, 0.05) is 34.4 Å². The summed E-state index contributed by atoms with van der Waals surface area (Å²) in [6.07, 6.45) is 0. The highest BCUT2D eigenvalue weighted by Gasteiger charge is 2.08. The lowest BCUT2D eigenvalue weighted by atomic mass is 10.1. The molecule has 0 saturated carbocycles. The van der Waals surface area contributed by atoms with E-state index < -0.39 is 4.92 Å². The van der Waals surface area contributed by atoms with Crippen LogP contribution in [-0.4, -0.2) is 4.92 Å². The van der Waals surface area contributed by atoms with Crippen molar-refractivity contribution in [2.24, 2.45) is 0 Å². The number of aryl methyl sites for hydroxylation is 2. The molecule has 5 nitrogen and oxygen atoms in total. The summed E-state index contributed by atoms with van der Waals surface area (Å²) in [6, 6.07) is 18.6. The number of nitrogens with one attached hydrogen (secondary N) is 1. The summed E-state index contributed by atoms with van der Waals surface area (Å²) in [5.74, 6) is 0.776. The van der Waals surface area contributed by atoms with Gasteiger partial charge in [-0.05, 0) is 73.0 Å². The van der Waals surface area contributed by atoms with Gasteiger partial charge < -0.3 is 10.1 Å². The number of hydrogen-bond acceptors (Lipinski definition) is 4. The zero-order valence-electron chi connectivity index (χ0n) is 15.7. The molecule has 0 bridgehead atoms. The molecule has 3 rings (SSSR count). The van der Waals surface area contributed by atoms with Gasteiger partial charge in [-0.3, -0.25) is 10.1 Å². The lowest BCUT2D eigenvalue weighted by Crippen LogP contribution is -2.04. The van der Waals surface area contributed by atoms with Gasteiger partial charge in [0.05, 0.1) is 4.92 Å². The van der Waals surface area contributed by atoms with Crippen LogP contribution in [0.2, 0.25) is 0 Å². The summed E-state index contributed by atoms with van der Waals surface area (Å²) in [6.45, 7) is 5.16. The number of nitro groups is 1. The minimum Gasteiger partial charge on any atom is -0.489 e. The van der Waals surface area contributed by atoms with Crippen molar-refractivity contribution >= 4 is 27.3 Å². The second kappa shape index (κ2) is 8.89. The Labute approximate surface area is 172 Å². The number of nitro benzene ring substituents is 1. The topological polar surface area (TPSA) is 64.4 Å². The molecule has 0 spiro atoms. The molecule has 6 heteroatoms. The lowest BCUT2D eigenvalue weighted by Gasteiger charge is -2.14. The van der Waals surface area contributed by atoms with Crippen LogP contribution in [0.4, 0.5) is 11.4 Å². The predicted molar refractivity (Wildman–Crippen MR) is 115 cm³/mol. The summed E-state index contributed by atoms with van der Waals surface area (Å²) in [5.41, 5.74) is 5.54. The highest BCUT2D eigenvalue weighted by molar-refractivity contribution is 9.10. The number of halogens is 1. The number of nitrogens with zero attached hydrogens (tertiary/aromatic N) is 1. The van der Waals surface area contributed by atoms with Crippen molar-refractivity contribution in [1.82, 2.24) is 0 Å². The Morgan fingerprint density at radius 1 is 1.00 bits per heavy atom. The molecular formula is C22H21BrN2O3. The number of benzene rings is 3. The molecule has 0 aliphatic rings. The molecule has 0 radical (unpaired) electrons. The molecule has 0 fully saturated rings. The molecule has 0 atom stereocenters. The van der Waals surface area contributed by atoms with Gasteiger partial charge in [-0.2, -0.15) is 0 Å². The Kier molecular flexibility index (Phi) is 6.31. The minimum atomic E-state index is -0.407. The van der Waals surface area contributed by atoms with Crippen LogP contribution >= 0.6 is 15.9 Å². The monoisotopic (exact) mass is 440 g/mol. The van der Waals surface area contributed by atoms with Crippen LogP contribution in [0.5, 0.6) is 5.75 Å². The zero-order chi connectivity index (χ0) is 20.1. The van der Waals surface area contributed by atoms with Crippen LogP contribution in [0.15, 0.2) is 65.1 Å². The fraction of sp³-hybridized carbons (Fsp3) is 0.182. The Bertz CT molecular complexity index is 988. The van der Waals surface area contributed by atoms with E-state index in [-0.39, 0.29) is 5.69 Å². The van der Waals surface area contributed by atoms with Crippen molar-refractivity contribution in [2.45, 2.75) is 27.0 Å². The number of ether oxygens (including phenoxy) is 1. The normalized spacial score (nSPS) is 10.5. The maximum atomic E-state index is 10.8. The van der Waals surface area contributed by atoms with E-state index >= 15 is 0 Å². The van der Waals surface area contributed by atoms with E-state index in [0.717, 1.165) is 27.0 Å². The predicted octanol–water partition coefficient (Wildman–Crippen LogP) is 6.17. The van der Waals surface area contributed by atoms with Crippen LogP contribution < -0.4 is 10.1 Å². The first kappa shape index (κ1) is 19.9. The summed E-state index contributed by atoms with van der Waals surface area (Å²) in [5, 5.41) is 14.2. The van der Waals surface area contributed by atoms with Gasteiger partial charge in [0.1, 0.15) is 12.4 Å². The maximum absolute atomic E-state index is 10.8. The Balaban J connectivity index is 1.69. The fourth-order valence-electron chi connectivity index (χ4n) is 2.75.